The lowest BCUT2D eigenvalue weighted by Gasteiger charge is -2.35. The molecule has 1 N–H and O–H groups in total. The molecular formula is C22H34N2O6S2Si. The van der Waals surface area contributed by atoms with Crippen LogP contribution in [0, 0.1) is 0 Å². The molecule has 0 aliphatic heterocycles. The van der Waals surface area contributed by atoms with Crippen molar-refractivity contribution in [2.45, 2.75) is 63.1 Å². The van der Waals surface area contributed by atoms with Gasteiger partial charge in [-0.3, -0.25) is 9.63 Å². The van der Waals surface area contributed by atoms with Crippen LogP contribution in [0.3, 0.4) is 0 Å². The van der Waals surface area contributed by atoms with Crippen LogP contribution in [0.2, 0.25) is 18.1 Å². The Morgan fingerprint density at radius 3 is 2.24 bits per heavy atom. The van der Waals surface area contributed by atoms with E-state index in [4.69, 9.17) is 14.1 Å². The van der Waals surface area contributed by atoms with Gasteiger partial charge in [-0.25, -0.2) is 13.9 Å². The van der Waals surface area contributed by atoms with Gasteiger partial charge in [0.25, 0.3) is 15.9 Å². The molecule has 0 saturated heterocycles. The average molecular weight is 515 g/mol. The first-order valence-electron chi connectivity index (χ1n) is 10.6. The topological polar surface area (TPSA) is 94.2 Å². The molecule has 0 atom stereocenters. The third-order valence-electron chi connectivity index (χ3n) is 5.31. The van der Waals surface area contributed by atoms with Gasteiger partial charge in [-0.2, -0.15) is 0 Å². The molecule has 0 unspecified atom stereocenters. The summed E-state index contributed by atoms with van der Waals surface area (Å²) >= 11 is 1.10. The van der Waals surface area contributed by atoms with E-state index in [1.807, 2.05) is 58.1 Å². The molecule has 2 aromatic rings. The largest absolute Gasteiger partial charge is 0.497 e. The minimum absolute atomic E-state index is 0.0760. The highest BCUT2D eigenvalue weighted by Crippen LogP contribution is 2.36. The number of sulfonamides is 1. The number of carbonyl (C=O) groups is 1. The van der Waals surface area contributed by atoms with Gasteiger partial charge in [0.15, 0.2) is 0 Å². The van der Waals surface area contributed by atoms with Crippen molar-refractivity contribution in [3.05, 3.63) is 36.4 Å². The molecule has 33 heavy (non-hydrogen) atoms. The predicted octanol–water partition coefficient (Wildman–Crippen LogP) is 4.81. The lowest BCUT2D eigenvalue weighted by Crippen LogP contribution is -2.49. The number of hydrogen-bond acceptors (Lipinski definition) is 7. The highest BCUT2D eigenvalue weighted by molar-refractivity contribution is 7.91. The van der Waals surface area contributed by atoms with Gasteiger partial charge in [0.2, 0.25) is 8.32 Å². The molecule has 0 aliphatic carbocycles. The SMILES string of the molecule is COc1ccc(-c2ccc(S(=O)(=O)N(CC(=O)NO[Si](C)(C)C(C)(C)C)OC(C)C)s2)cc1. The van der Waals surface area contributed by atoms with E-state index in [9.17, 15) is 13.2 Å². The van der Waals surface area contributed by atoms with Gasteiger partial charge in [0.05, 0.1) is 13.2 Å². The Balaban J connectivity index is 2.21. The summed E-state index contributed by atoms with van der Waals surface area (Å²) in [5.41, 5.74) is 3.29. The van der Waals surface area contributed by atoms with Gasteiger partial charge in [-0.15, -0.1) is 11.3 Å². The van der Waals surface area contributed by atoms with Crippen LogP contribution in [0.5, 0.6) is 5.75 Å². The van der Waals surface area contributed by atoms with Crippen molar-refractivity contribution in [3.63, 3.8) is 0 Å². The number of hydroxylamine groups is 2. The number of hydrogen-bond donors (Lipinski definition) is 1. The zero-order chi connectivity index (χ0) is 25.0. The normalized spacial score (nSPS) is 12.9. The number of nitrogens with one attached hydrogen (secondary N) is 1. The minimum atomic E-state index is -4.07. The number of thiophene rings is 1. The molecule has 1 aromatic carbocycles. The monoisotopic (exact) mass is 514 g/mol. The predicted molar refractivity (Wildman–Crippen MR) is 133 cm³/mol. The molecule has 1 aromatic heterocycles. The number of rotatable bonds is 10. The fourth-order valence-electron chi connectivity index (χ4n) is 2.37. The van der Waals surface area contributed by atoms with Crippen molar-refractivity contribution < 1.29 is 27.3 Å². The van der Waals surface area contributed by atoms with Crippen molar-refractivity contribution in [1.82, 2.24) is 9.95 Å². The fraction of sp³-hybridized carbons (Fsp3) is 0.500. The molecule has 0 radical (unpaired) electrons. The van der Waals surface area contributed by atoms with Crippen molar-refractivity contribution in [2.24, 2.45) is 0 Å². The molecule has 8 nitrogen and oxygen atoms in total. The maximum atomic E-state index is 13.3. The molecule has 184 valence electrons. The van der Waals surface area contributed by atoms with Gasteiger partial charge < -0.3 is 9.26 Å². The van der Waals surface area contributed by atoms with E-state index in [0.29, 0.717) is 5.75 Å². The van der Waals surface area contributed by atoms with Crippen LogP contribution in [-0.4, -0.2) is 46.9 Å². The van der Waals surface area contributed by atoms with Gasteiger partial charge in [0, 0.05) is 4.88 Å². The van der Waals surface area contributed by atoms with Gasteiger partial charge in [0.1, 0.15) is 16.5 Å². The molecule has 0 bridgehead atoms. The van der Waals surface area contributed by atoms with E-state index in [1.165, 1.54) is 6.07 Å². The Kier molecular flexibility index (Phi) is 8.88. The Morgan fingerprint density at radius 2 is 1.73 bits per heavy atom. The van der Waals surface area contributed by atoms with Crippen LogP contribution in [0.15, 0.2) is 40.6 Å². The molecular weight excluding hydrogens is 480 g/mol. The number of carbonyl (C=O) groups excluding carboxylic acids is 1. The van der Waals surface area contributed by atoms with Crippen LogP contribution in [0.4, 0.5) is 0 Å². The zero-order valence-electron chi connectivity index (χ0n) is 20.5. The maximum Gasteiger partial charge on any atom is 0.274 e. The number of ether oxygens (including phenoxy) is 1. The summed E-state index contributed by atoms with van der Waals surface area (Å²) in [5.74, 6) is 0.113. The summed E-state index contributed by atoms with van der Waals surface area (Å²) in [6.45, 7) is 13.0. The molecule has 0 spiro atoms. The van der Waals surface area contributed by atoms with Crippen LogP contribution in [0.25, 0.3) is 10.4 Å². The van der Waals surface area contributed by atoms with E-state index in [-0.39, 0.29) is 9.25 Å². The van der Waals surface area contributed by atoms with Crippen LogP contribution < -0.4 is 10.2 Å². The van der Waals surface area contributed by atoms with Crippen molar-refractivity contribution in [3.8, 4) is 16.2 Å². The summed E-state index contributed by atoms with van der Waals surface area (Å²) in [6, 6.07) is 10.6. The van der Waals surface area contributed by atoms with Crippen LogP contribution in [-0.2, 0) is 24.2 Å². The Bertz CT molecular complexity index is 1040. The highest BCUT2D eigenvalue weighted by Gasteiger charge is 2.39. The van der Waals surface area contributed by atoms with Crippen molar-refractivity contribution in [1.29, 1.82) is 0 Å². The van der Waals surface area contributed by atoms with E-state index >= 15 is 0 Å². The number of nitrogens with zero attached hydrogens (tertiary/aromatic N) is 1. The number of amides is 1. The fourth-order valence-corrected chi connectivity index (χ4v) is 5.74. The van der Waals surface area contributed by atoms with Crippen LogP contribution in [0.1, 0.15) is 34.6 Å². The second kappa shape index (κ2) is 10.7. The highest BCUT2D eigenvalue weighted by atomic mass is 32.2. The standard InChI is InChI=1S/C22H34N2O6S2Si/c1-16(2)29-24(15-20(25)23-30-33(7,8)22(3,4)5)32(26,27)21-14-13-19(31-21)17-9-11-18(28-6)12-10-17/h9-14,16H,15H2,1-8H3,(H,23,25). The van der Waals surface area contributed by atoms with Crippen LogP contribution >= 0.6 is 11.3 Å². The molecule has 11 heteroatoms. The van der Waals surface area contributed by atoms with E-state index in [0.717, 1.165) is 26.2 Å². The first kappa shape index (κ1) is 27.5. The first-order valence-corrected chi connectivity index (χ1v) is 15.7. The molecule has 1 amide bonds. The van der Waals surface area contributed by atoms with E-state index < -0.39 is 36.9 Å². The summed E-state index contributed by atoms with van der Waals surface area (Å²) in [7, 11) is -4.74. The maximum absolute atomic E-state index is 13.3. The lowest BCUT2D eigenvalue weighted by atomic mass is 10.2. The lowest BCUT2D eigenvalue weighted by molar-refractivity contribution is -0.148. The number of methoxy groups -OCH3 is 1. The van der Waals surface area contributed by atoms with Crippen molar-refractivity contribution >= 4 is 35.6 Å². The molecule has 1 heterocycles. The third-order valence-corrected chi connectivity index (χ3v) is 12.7. The average Bonchev–Trinajstić information content (AvgIpc) is 3.22. The molecule has 0 fully saturated rings. The minimum Gasteiger partial charge on any atom is -0.497 e. The summed E-state index contributed by atoms with van der Waals surface area (Å²) in [6.07, 6.45) is -0.449. The van der Waals surface area contributed by atoms with E-state index in [1.54, 1.807) is 27.0 Å². The van der Waals surface area contributed by atoms with Gasteiger partial charge >= 0.3 is 0 Å². The second-order valence-electron chi connectivity index (χ2n) is 9.35. The van der Waals surface area contributed by atoms with Gasteiger partial charge in [-0.1, -0.05) is 25.2 Å². The smallest absolute Gasteiger partial charge is 0.274 e. The molecule has 0 saturated carbocycles. The quantitative estimate of drug-likeness (QED) is 0.361. The second-order valence-corrected chi connectivity index (χ2v) is 17.2. The summed E-state index contributed by atoms with van der Waals surface area (Å²) in [4.78, 5) is 18.9. The Morgan fingerprint density at radius 1 is 1.12 bits per heavy atom. The van der Waals surface area contributed by atoms with Crippen molar-refractivity contribution in [2.75, 3.05) is 13.7 Å². The first-order chi connectivity index (χ1) is 15.2. The summed E-state index contributed by atoms with van der Waals surface area (Å²) in [5, 5.41) is -0.116. The number of benzene rings is 1. The third kappa shape index (κ3) is 7.11. The summed E-state index contributed by atoms with van der Waals surface area (Å²) < 4.78 is 38.3. The molecule has 0 aliphatic rings. The zero-order valence-corrected chi connectivity index (χ0v) is 23.1. The Labute approximate surface area is 201 Å². The van der Waals surface area contributed by atoms with E-state index in [2.05, 4.69) is 5.48 Å². The Hall–Kier alpha value is -1.76. The molecule has 2 rings (SSSR count). The van der Waals surface area contributed by atoms with Gasteiger partial charge in [-0.05, 0) is 73.9 Å².